The predicted octanol–water partition coefficient (Wildman–Crippen LogP) is -0.623. The van der Waals surface area contributed by atoms with Crippen LogP contribution in [0.3, 0.4) is 0 Å². The highest BCUT2D eigenvalue weighted by atomic mass is 16.5. The van der Waals surface area contributed by atoms with Crippen LogP contribution in [0.2, 0.25) is 0 Å². The van der Waals surface area contributed by atoms with E-state index in [0.29, 0.717) is 6.04 Å². The van der Waals surface area contributed by atoms with Crippen molar-refractivity contribution in [3.05, 3.63) is 12.0 Å². The fourth-order valence-electron chi connectivity index (χ4n) is 1.02. The lowest BCUT2D eigenvalue weighted by molar-refractivity contribution is 0.259. The molecule has 2 rings (SSSR count). The Bertz CT molecular complexity index is 132. The van der Waals surface area contributed by atoms with E-state index in [0.717, 1.165) is 13.3 Å². The minimum atomic E-state index is 0.454. The molecule has 1 fully saturated rings. The number of rotatable bonds is 0. The molecule has 0 amide bonds. The average molecular weight is 112 g/mol. The highest BCUT2D eigenvalue weighted by Crippen LogP contribution is 2.10. The van der Waals surface area contributed by atoms with Crippen LogP contribution in [0.15, 0.2) is 12.0 Å². The van der Waals surface area contributed by atoms with Gasteiger partial charge in [-0.2, -0.15) is 0 Å². The Kier molecular flexibility index (Phi) is 0.729. The van der Waals surface area contributed by atoms with Gasteiger partial charge >= 0.3 is 0 Å². The van der Waals surface area contributed by atoms with E-state index in [-0.39, 0.29) is 0 Å². The molecule has 0 aliphatic carbocycles. The summed E-state index contributed by atoms with van der Waals surface area (Å²) < 4.78 is 5.02. The van der Waals surface area contributed by atoms with Crippen LogP contribution in [0.4, 0.5) is 0 Å². The predicted molar refractivity (Wildman–Crippen MR) is 29.0 cm³/mol. The van der Waals surface area contributed by atoms with Crippen molar-refractivity contribution >= 4 is 0 Å². The summed E-state index contributed by atoms with van der Waals surface area (Å²) in [6, 6.07) is 0.454. The van der Waals surface area contributed by atoms with E-state index in [4.69, 9.17) is 4.74 Å². The first kappa shape index (κ1) is 4.21. The molecule has 2 aliphatic heterocycles. The van der Waals surface area contributed by atoms with E-state index in [1.165, 1.54) is 5.70 Å². The molecule has 1 saturated heterocycles. The zero-order valence-electron chi connectivity index (χ0n) is 4.48. The van der Waals surface area contributed by atoms with Crippen molar-refractivity contribution in [2.24, 2.45) is 0 Å². The molecule has 2 aliphatic rings. The molecule has 0 bridgehead atoms. The Hall–Kier alpha value is -0.700. The zero-order chi connectivity index (χ0) is 5.40. The smallest absolute Gasteiger partial charge is 0.108 e. The number of nitrogens with one attached hydrogen (secondary N) is 2. The average Bonchev–Trinajstić information content (AvgIpc) is 2.15. The topological polar surface area (TPSA) is 33.3 Å². The van der Waals surface area contributed by atoms with Crippen LogP contribution in [0.25, 0.3) is 0 Å². The Balaban J connectivity index is 2.20. The maximum atomic E-state index is 5.02. The molecule has 1 unspecified atom stereocenters. The summed E-state index contributed by atoms with van der Waals surface area (Å²) >= 11 is 0. The maximum Gasteiger partial charge on any atom is 0.108 e. The van der Waals surface area contributed by atoms with Gasteiger partial charge in [-0.1, -0.05) is 0 Å². The van der Waals surface area contributed by atoms with Gasteiger partial charge in [0.1, 0.15) is 12.9 Å². The summed E-state index contributed by atoms with van der Waals surface area (Å²) in [6.45, 7) is 1.68. The second kappa shape index (κ2) is 1.39. The molecule has 0 spiro atoms. The van der Waals surface area contributed by atoms with Crippen molar-refractivity contribution in [2.75, 3.05) is 13.3 Å². The Morgan fingerprint density at radius 1 is 1.75 bits per heavy atom. The first-order valence-electron chi connectivity index (χ1n) is 2.76. The molecule has 0 aromatic rings. The summed E-state index contributed by atoms with van der Waals surface area (Å²) in [5, 5.41) is 6.36. The number of hydrogen-bond acceptors (Lipinski definition) is 3. The van der Waals surface area contributed by atoms with Gasteiger partial charge in [0.25, 0.3) is 0 Å². The molecular formula is C5H8N2O. The molecule has 0 aromatic carbocycles. The molecule has 3 heteroatoms. The minimum Gasteiger partial charge on any atom is -0.497 e. The Morgan fingerprint density at radius 2 is 2.75 bits per heavy atom. The third kappa shape index (κ3) is 0.419. The van der Waals surface area contributed by atoms with E-state index in [2.05, 4.69) is 10.6 Å². The highest BCUT2D eigenvalue weighted by Gasteiger charge is 2.24. The van der Waals surface area contributed by atoms with Crippen molar-refractivity contribution in [2.45, 2.75) is 6.04 Å². The Labute approximate surface area is 47.7 Å². The third-order valence-electron chi connectivity index (χ3n) is 1.49. The van der Waals surface area contributed by atoms with Crippen molar-refractivity contribution in [1.82, 2.24) is 10.6 Å². The van der Waals surface area contributed by atoms with Crippen molar-refractivity contribution in [3.8, 4) is 0 Å². The standard InChI is InChI=1S/C5H8N2O/c1-4-5(2-8-1)7-3-6-4/h1,5-7H,2-3H2. The lowest BCUT2D eigenvalue weighted by Gasteiger charge is -1.97. The van der Waals surface area contributed by atoms with Gasteiger partial charge in [-0.25, -0.2) is 0 Å². The second-order valence-electron chi connectivity index (χ2n) is 2.02. The zero-order valence-corrected chi connectivity index (χ0v) is 4.48. The maximum absolute atomic E-state index is 5.02. The van der Waals surface area contributed by atoms with E-state index in [9.17, 15) is 0 Å². The molecule has 44 valence electrons. The number of fused-ring (bicyclic) bond motifs is 1. The van der Waals surface area contributed by atoms with E-state index < -0.39 is 0 Å². The van der Waals surface area contributed by atoms with Gasteiger partial charge in [0.15, 0.2) is 0 Å². The van der Waals surface area contributed by atoms with Crippen molar-refractivity contribution < 1.29 is 4.74 Å². The van der Waals surface area contributed by atoms with Crippen LogP contribution in [0.1, 0.15) is 0 Å². The van der Waals surface area contributed by atoms with Gasteiger partial charge in [0, 0.05) is 0 Å². The van der Waals surface area contributed by atoms with Crippen LogP contribution >= 0.6 is 0 Å². The van der Waals surface area contributed by atoms with Gasteiger partial charge in [0.05, 0.1) is 18.4 Å². The normalized spacial score (nSPS) is 33.0. The van der Waals surface area contributed by atoms with Crippen LogP contribution in [0, 0.1) is 0 Å². The molecular weight excluding hydrogens is 104 g/mol. The summed E-state index contributed by atoms with van der Waals surface area (Å²) in [5.74, 6) is 0. The largest absolute Gasteiger partial charge is 0.497 e. The molecule has 3 nitrogen and oxygen atoms in total. The van der Waals surface area contributed by atoms with Gasteiger partial charge < -0.3 is 10.1 Å². The van der Waals surface area contributed by atoms with Crippen LogP contribution in [0.5, 0.6) is 0 Å². The summed E-state index contributed by atoms with van der Waals surface area (Å²) in [4.78, 5) is 0. The summed E-state index contributed by atoms with van der Waals surface area (Å²) in [5.41, 5.74) is 1.20. The summed E-state index contributed by atoms with van der Waals surface area (Å²) in [7, 11) is 0. The third-order valence-corrected chi connectivity index (χ3v) is 1.49. The highest BCUT2D eigenvalue weighted by molar-refractivity contribution is 5.13. The lowest BCUT2D eigenvalue weighted by Crippen LogP contribution is -2.24. The van der Waals surface area contributed by atoms with E-state index >= 15 is 0 Å². The molecule has 1 atom stereocenters. The van der Waals surface area contributed by atoms with Crippen LogP contribution < -0.4 is 10.6 Å². The molecule has 0 saturated carbocycles. The quantitative estimate of drug-likeness (QED) is 0.438. The monoisotopic (exact) mass is 112 g/mol. The van der Waals surface area contributed by atoms with Crippen LogP contribution in [-0.2, 0) is 4.74 Å². The second-order valence-corrected chi connectivity index (χ2v) is 2.02. The molecule has 2 N–H and O–H groups in total. The van der Waals surface area contributed by atoms with Gasteiger partial charge in [-0.05, 0) is 0 Å². The number of ether oxygens (including phenoxy) is 1. The SMILES string of the molecule is C1=C2NCNC2CO1. The van der Waals surface area contributed by atoms with Crippen molar-refractivity contribution in [3.63, 3.8) is 0 Å². The van der Waals surface area contributed by atoms with E-state index in [1.54, 1.807) is 6.26 Å². The minimum absolute atomic E-state index is 0.454. The van der Waals surface area contributed by atoms with E-state index in [1.807, 2.05) is 0 Å². The van der Waals surface area contributed by atoms with Crippen LogP contribution in [-0.4, -0.2) is 19.3 Å². The Morgan fingerprint density at radius 3 is 3.62 bits per heavy atom. The molecule has 0 aromatic heterocycles. The van der Waals surface area contributed by atoms with Gasteiger partial charge in [-0.15, -0.1) is 0 Å². The molecule has 8 heavy (non-hydrogen) atoms. The summed E-state index contributed by atoms with van der Waals surface area (Å²) in [6.07, 6.45) is 1.78. The lowest BCUT2D eigenvalue weighted by atomic mass is 10.3. The number of hydrogen-bond donors (Lipinski definition) is 2. The van der Waals surface area contributed by atoms with Gasteiger partial charge in [-0.3, -0.25) is 5.32 Å². The van der Waals surface area contributed by atoms with Gasteiger partial charge in [0.2, 0.25) is 0 Å². The fraction of sp³-hybridized carbons (Fsp3) is 0.600. The first-order chi connectivity index (χ1) is 3.97. The molecule has 0 radical (unpaired) electrons. The fourth-order valence-corrected chi connectivity index (χ4v) is 1.02. The van der Waals surface area contributed by atoms with Crippen molar-refractivity contribution in [1.29, 1.82) is 0 Å². The molecule has 2 heterocycles. The first-order valence-corrected chi connectivity index (χ1v) is 2.76.